The van der Waals surface area contributed by atoms with Crippen LogP contribution in [0, 0.1) is 0 Å². The van der Waals surface area contributed by atoms with Gasteiger partial charge in [0.2, 0.25) is 5.91 Å². The van der Waals surface area contributed by atoms with Gasteiger partial charge in [0.1, 0.15) is 0 Å². The smallest absolute Gasteiger partial charge is 0.248 e. The Hall–Kier alpha value is -1.35. The number of carbonyl (C=O) groups is 1. The first kappa shape index (κ1) is 10.2. The van der Waals surface area contributed by atoms with Crippen molar-refractivity contribution in [1.29, 1.82) is 0 Å². The SMILES string of the molecule is CC1(NCc2ccc(C(N)=O)cc2)CC1. The van der Waals surface area contributed by atoms with Gasteiger partial charge in [0.15, 0.2) is 0 Å². The van der Waals surface area contributed by atoms with Crippen LogP contribution in [0.25, 0.3) is 0 Å². The minimum Gasteiger partial charge on any atom is -0.366 e. The van der Waals surface area contributed by atoms with Crippen LogP contribution in [0.4, 0.5) is 0 Å². The third-order valence-corrected chi connectivity index (χ3v) is 2.96. The highest BCUT2D eigenvalue weighted by atomic mass is 16.1. The maximum Gasteiger partial charge on any atom is 0.248 e. The number of hydrogen-bond donors (Lipinski definition) is 2. The largest absolute Gasteiger partial charge is 0.366 e. The van der Waals surface area contributed by atoms with E-state index in [1.54, 1.807) is 12.1 Å². The highest BCUT2D eigenvalue weighted by Crippen LogP contribution is 2.34. The molecule has 1 aliphatic carbocycles. The number of benzene rings is 1. The zero-order valence-corrected chi connectivity index (χ0v) is 8.92. The molecule has 80 valence electrons. The number of nitrogens with two attached hydrogens (primary N) is 1. The highest BCUT2D eigenvalue weighted by molar-refractivity contribution is 5.92. The van der Waals surface area contributed by atoms with Crippen molar-refractivity contribution < 1.29 is 4.79 Å². The molecule has 3 nitrogen and oxygen atoms in total. The average Bonchev–Trinajstić information content (AvgIpc) is 2.95. The monoisotopic (exact) mass is 204 g/mol. The van der Waals surface area contributed by atoms with Crippen LogP contribution >= 0.6 is 0 Å². The lowest BCUT2D eigenvalue weighted by Gasteiger charge is -2.11. The Morgan fingerprint density at radius 3 is 2.47 bits per heavy atom. The number of carbonyl (C=O) groups excluding carboxylic acids is 1. The van der Waals surface area contributed by atoms with Gasteiger partial charge in [0.25, 0.3) is 0 Å². The van der Waals surface area contributed by atoms with Crippen molar-refractivity contribution in [2.45, 2.75) is 31.8 Å². The first-order chi connectivity index (χ1) is 7.09. The van der Waals surface area contributed by atoms with Crippen molar-refractivity contribution in [2.24, 2.45) is 5.73 Å². The summed E-state index contributed by atoms with van der Waals surface area (Å²) in [5.74, 6) is -0.372. The van der Waals surface area contributed by atoms with Crippen molar-refractivity contribution >= 4 is 5.91 Å². The van der Waals surface area contributed by atoms with Crippen LogP contribution in [0.5, 0.6) is 0 Å². The Morgan fingerprint density at radius 1 is 1.40 bits per heavy atom. The molecular formula is C12H16N2O. The molecule has 0 heterocycles. The molecule has 1 aliphatic rings. The summed E-state index contributed by atoms with van der Waals surface area (Å²) in [4.78, 5) is 10.8. The van der Waals surface area contributed by atoms with E-state index in [4.69, 9.17) is 5.73 Å². The van der Waals surface area contributed by atoms with E-state index >= 15 is 0 Å². The Labute approximate surface area is 89.7 Å². The highest BCUT2D eigenvalue weighted by Gasteiger charge is 2.36. The van der Waals surface area contributed by atoms with Gasteiger partial charge < -0.3 is 11.1 Å². The molecule has 1 saturated carbocycles. The van der Waals surface area contributed by atoms with Crippen molar-refractivity contribution in [2.75, 3.05) is 0 Å². The predicted molar refractivity (Wildman–Crippen MR) is 59.4 cm³/mol. The quantitative estimate of drug-likeness (QED) is 0.779. The van der Waals surface area contributed by atoms with Crippen LogP contribution in [0.3, 0.4) is 0 Å². The molecule has 0 radical (unpaired) electrons. The number of primary amides is 1. The predicted octanol–water partition coefficient (Wildman–Crippen LogP) is 1.43. The fraction of sp³-hybridized carbons (Fsp3) is 0.417. The van der Waals surface area contributed by atoms with Crippen LogP contribution in [0.15, 0.2) is 24.3 Å². The van der Waals surface area contributed by atoms with Crippen molar-refractivity contribution in [3.63, 3.8) is 0 Å². The molecule has 0 aliphatic heterocycles. The van der Waals surface area contributed by atoms with Crippen LogP contribution in [-0.2, 0) is 6.54 Å². The lowest BCUT2D eigenvalue weighted by molar-refractivity contribution is 0.100. The standard InChI is InChI=1S/C12H16N2O/c1-12(6-7-12)14-8-9-2-4-10(5-3-9)11(13)15/h2-5,14H,6-8H2,1H3,(H2,13,15). The molecule has 0 aromatic heterocycles. The third-order valence-electron chi connectivity index (χ3n) is 2.96. The van der Waals surface area contributed by atoms with E-state index in [0.29, 0.717) is 11.1 Å². The van der Waals surface area contributed by atoms with Gasteiger partial charge in [-0.25, -0.2) is 0 Å². The molecule has 1 amide bonds. The Balaban J connectivity index is 1.95. The molecule has 0 spiro atoms. The number of hydrogen-bond acceptors (Lipinski definition) is 2. The van der Waals surface area contributed by atoms with E-state index in [0.717, 1.165) is 6.54 Å². The lowest BCUT2D eigenvalue weighted by Crippen LogP contribution is -2.26. The summed E-state index contributed by atoms with van der Waals surface area (Å²) in [6.07, 6.45) is 2.51. The molecule has 15 heavy (non-hydrogen) atoms. The van der Waals surface area contributed by atoms with Gasteiger partial charge in [-0.3, -0.25) is 4.79 Å². The van der Waals surface area contributed by atoms with E-state index in [2.05, 4.69) is 12.2 Å². The van der Waals surface area contributed by atoms with Gasteiger partial charge in [-0.15, -0.1) is 0 Å². The molecule has 2 rings (SSSR count). The van der Waals surface area contributed by atoms with E-state index in [1.807, 2.05) is 12.1 Å². The van der Waals surface area contributed by atoms with Gasteiger partial charge in [0, 0.05) is 17.6 Å². The van der Waals surface area contributed by atoms with E-state index in [-0.39, 0.29) is 5.91 Å². The Kier molecular flexibility index (Phi) is 2.49. The summed E-state index contributed by atoms with van der Waals surface area (Å²) in [5, 5.41) is 3.48. The summed E-state index contributed by atoms with van der Waals surface area (Å²) in [7, 11) is 0. The molecule has 0 saturated heterocycles. The zero-order valence-electron chi connectivity index (χ0n) is 8.92. The number of amides is 1. The maximum atomic E-state index is 10.8. The normalized spacial score (nSPS) is 17.4. The molecule has 0 atom stereocenters. The van der Waals surface area contributed by atoms with E-state index < -0.39 is 0 Å². The van der Waals surface area contributed by atoms with Crippen molar-refractivity contribution in [1.82, 2.24) is 5.32 Å². The fourth-order valence-electron chi connectivity index (χ4n) is 1.47. The third kappa shape index (κ3) is 2.57. The second-order valence-corrected chi connectivity index (χ2v) is 4.48. The molecule has 3 N–H and O–H groups in total. The Bertz CT molecular complexity index is 366. The first-order valence-corrected chi connectivity index (χ1v) is 5.23. The maximum absolute atomic E-state index is 10.8. The Morgan fingerprint density at radius 2 is 2.00 bits per heavy atom. The van der Waals surface area contributed by atoms with Crippen molar-refractivity contribution in [3.05, 3.63) is 35.4 Å². The molecule has 3 heteroatoms. The van der Waals surface area contributed by atoms with Gasteiger partial charge in [0.05, 0.1) is 0 Å². The molecular weight excluding hydrogens is 188 g/mol. The number of rotatable bonds is 4. The van der Waals surface area contributed by atoms with Crippen LogP contribution in [-0.4, -0.2) is 11.4 Å². The summed E-state index contributed by atoms with van der Waals surface area (Å²) in [6.45, 7) is 3.08. The summed E-state index contributed by atoms with van der Waals surface area (Å²) in [5.41, 5.74) is 7.27. The minimum atomic E-state index is -0.372. The van der Waals surface area contributed by atoms with Gasteiger partial charge >= 0.3 is 0 Å². The summed E-state index contributed by atoms with van der Waals surface area (Å²) >= 11 is 0. The van der Waals surface area contributed by atoms with E-state index in [9.17, 15) is 4.79 Å². The topological polar surface area (TPSA) is 55.1 Å². The van der Waals surface area contributed by atoms with Gasteiger partial charge in [-0.1, -0.05) is 12.1 Å². The average molecular weight is 204 g/mol. The van der Waals surface area contributed by atoms with Crippen molar-refractivity contribution in [3.8, 4) is 0 Å². The molecule has 1 aromatic carbocycles. The van der Waals surface area contributed by atoms with E-state index in [1.165, 1.54) is 18.4 Å². The number of nitrogens with one attached hydrogen (secondary N) is 1. The second kappa shape index (κ2) is 3.66. The molecule has 1 fully saturated rings. The van der Waals surface area contributed by atoms with Crippen LogP contribution < -0.4 is 11.1 Å². The van der Waals surface area contributed by atoms with Crippen LogP contribution in [0.1, 0.15) is 35.7 Å². The molecule has 0 unspecified atom stereocenters. The molecule has 0 bridgehead atoms. The molecule has 1 aromatic rings. The second-order valence-electron chi connectivity index (χ2n) is 4.48. The summed E-state index contributed by atoms with van der Waals surface area (Å²) < 4.78 is 0. The zero-order chi connectivity index (χ0) is 10.9. The van der Waals surface area contributed by atoms with Crippen LogP contribution in [0.2, 0.25) is 0 Å². The first-order valence-electron chi connectivity index (χ1n) is 5.23. The van der Waals surface area contributed by atoms with Gasteiger partial charge in [-0.05, 0) is 37.5 Å². The summed E-state index contributed by atoms with van der Waals surface area (Å²) in [6, 6.07) is 7.43. The van der Waals surface area contributed by atoms with Gasteiger partial charge in [-0.2, -0.15) is 0 Å². The lowest BCUT2D eigenvalue weighted by atomic mass is 10.1. The fourth-order valence-corrected chi connectivity index (χ4v) is 1.47. The minimum absolute atomic E-state index is 0.350.